The van der Waals surface area contributed by atoms with E-state index in [4.69, 9.17) is 4.11 Å². The molecule has 0 aliphatic heterocycles. The number of benzene rings is 4. The molecule has 4 aromatic rings. The van der Waals surface area contributed by atoms with Gasteiger partial charge in [-0.1, -0.05) is 91.0 Å². The van der Waals surface area contributed by atoms with Crippen LogP contribution in [0.5, 0.6) is 0 Å². The van der Waals surface area contributed by atoms with E-state index >= 15 is 0 Å². The van der Waals surface area contributed by atoms with Gasteiger partial charge >= 0.3 is 0 Å². The van der Waals surface area contributed by atoms with Crippen LogP contribution in [0.15, 0.2) is 109 Å². The highest BCUT2D eigenvalue weighted by Gasteiger charge is 2.05. The molecule has 0 aliphatic rings. The molecular weight excluding hydrogens is 302 g/mol. The van der Waals surface area contributed by atoms with Gasteiger partial charge in [0.15, 0.2) is 0 Å². The highest BCUT2D eigenvalue weighted by atomic mass is 14.9. The van der Waals surface area contributed by atoms with Gasteiger partial charge in [-0.2, -0.15) is 0 Å². The smallest absolute Gasteiger partial charge is 0.0645 e. The van der Waals surface area contributed by atoms with Gasteiger partial charge in [0.05, 0.1) is 4.11 Å². The van der Waals surface area contributed by atoms with Crippen molar-refractivity contribution in [2.45, 2.75) is 0 Å². The molecule has 0 aliphatic carbocycles. The second-order valence-corrected chi connectivity index (χ2v) is 5.73. The van der Waals surface area contributed by atoms with E-state index in [0.717, 1.165) is 22.4 Å². The minimum Gasteiger partial charge on any atom is -0.355 e. The van der Waals surface area contributed by atoms with Crippen molar-refractivity contribution in [2.24, 2.45) is 0 Å². The van der Waals surface area contributed by atoms with Crippen LogP contribution in [0.3, 0.4) is 0 Å². The first-order chi connectivity index (χ1) is 13.6. The molecule has 120 valence electrons. The minimum absolute atomic E-state index is 0.0224. The van der Waals surface area contributed by atoms with E-state index in [1.807, 2.05) is 84.9 Å². The van der Waals surface area contributed by atoms with Gasteiger partial charge in [-0.25, -0.2) is 0 Å². The maximum Gasteiger partial charge on any atom is 0.0645 e. The standard InChI is InChI=1S/C24H19N/c1-3-9-19(10-4-1)20-15-17-22(18-16-20)25-24-14-8-7-13-23(24)21-11-5-2-6-12-21/h1-18,25H/i15D,17D,18D. The highest BCUT2D eigenvalue weighted by molar-refractivity contribution is 5.81. The Morgan fingerprint density at radius 1 is 0.520 bits per heavy atom. The molecule has 0 aromatic heterocycles. The number of nitrogens with one attached hydrogen (secondary N) is 1. The summed E-state index contributed by atoms with van der Waals surface area (Å²) in [7, 11) is 0. The Morgan fingerprint density at radius 3 is 1.92 bits per heavy atom. The lowest BCUT2D eigenvalue weighted by atomic mass is 10.0. The van der Waals surface area contributed by atoms with Crippen molar-refractivity contribution in [3.63, 3.8) is 0 Å². The Balaban J connectivity index is 1.78. The molecule has 1 heteroatoms. The van der Waals surface area contributed by atoms with Gasteiger partial charge in [0.1, 0.15) is 0 Å². The molecule has 1 nitrogen and oxygen atoms in total. The van der Waals surface area contributed by atoms with Crippen LogP contribution in [-0.2, 0) is 0 Å². The van der Waals surface area contributed by atoms with E-state index in [9.17, 15) is 0 Å². The van der Waals surface area contributed by atoms with E-state index in [2.05, 4.69) is 5.32 Å². The molecule has 4 aromatic carbocycles. The lowest BCUT2D eigenvalue weighted by molar-refractivity contribution is 1.53. The maximum absolute atomic E-state index is 8.48. The summed E-state index contributed by atoms with van der Waals surface area (Å²) in [5.74, 6) is 0. The van der Waals surface area contributed by atoms with Crippen molar-refractivity contribution in [1.82, 2.24) is 0 Å². The first kappa shape index (κ1) is 12.1. The van der Waals surface area contributed by atoms with Crippen LogP contribution in [0, 0.1) is 0 Å². The van der Waals surface area contributed by atoms with E-state index in [1.54, 1.807) is 6.07 Å². The normalized spacial score (nSPS) is 12.1. The van der Waals surface area contributed by atoms with Gasteiger partial charge < -0.3 is 5.32 Å². The van der Waals surface area contributed by atoms with Crippen LogP contribution in [0.25, 0.3) is 22.3 Å². The van der Waals surface area contributed by atoms with Crippen LogP contribution in [0.2, 0.25) is 0 Å². The summed E-state index contributed by atoms with van der Waals surface area (Å²) in [4.78, 5) is 0. The van der Waals surface area contributed by atoms with Gasteiger partial charge in [-0.3, -0.25) is 0 Å². The third-order valence-corrected chi connectivity index (χ3v) is 4.04. The van der Waals surface area contributed by atoms with E-state index in [1.165, 1.54) is 0 Å². The van der Waals surface area contributed by atoms with Crippen LogP contribution in [-0.4, -0.2) is 0 Å². The van der Waals surface area contributed by atoms with Crippen LogP contribution in [0.4, 0.5) is 11.4 Å². The Bertz CT molecular complexity index is 1110. The lowest BCUT2D eigenvalue weighted by Gasteiger charge is -2.13. The van der Waals surface area contributed by atoms with Gasteiger partial charge in [0.25, 0.3) is 0 Å². The SMILES string of the molecule is [2H]c1cc(-c2ccccc2)c([2H])c([2H])c1Nc1ccccc1-c1ccccc1. The fourth-order valence-corrected chi connectivity index (χ4v) is 2.78. The summed E-state index contributed by atoms with van der Waals surface area (Å²) in [6.45, 7) is 0. The molecule has 0 amide bonds. The molecule has 0 heterocycles. The number of rotatable bonds is 4. The first-order valence-electron chi connectivity index (χ1n) is 9.73. The third kappa shape index (κ3) is 3.46. The topological polar surface area (TPSA) is 12.0 Å². The van der Waals surface area contributed by atoms with E-state index in [0.29, 0.717) is 11.3 Å². The van der Waals surface area contributed by atoms with Crippen molar-refractivity contribution in [3.8, 4) is 22.3 Å². The predicted molar refractivity (Wildman–Crippen MR) is 107 cm³/mol. The Morgan fingerprint density at radius 2 is 1.16 bits per heavy atom. The number of para-hydroxylation sites is 1. The molecular formula is C24H19N. The quantitative estimate of drug-likeness (QED) is 0.437. The molecule has 0 saturated carbocycles. The zero-order valence-corrected chi connectivity index (χ0v) is 13.7. The van der Waals surface area contributed by atoms with Crippen molar-refractivity contribution in [2.75, 3.05) is 5.32 Å². The predicted octanol–water partition coefficient (Wildman–Crippen LogP) is 6.76. The molecule has 0 bridgehead atoms. The van der Waals surface area contributed by atoms with Crippen LogP contribution >= 0.6 is 0 Å². The van der Waals surface area contributed by atoms with Crippen molar-refractivity contribution < 1.29 is 4.11 Å². The minimum atomic E-state index is 0.0224. The van der Waals surface area contributed by atoms with Crippen molar-refractivity contribution >= 4 is 11.4 Å². The Kier molecular flexibility index (Phi) is 3.42. The average Bonchev–Trinajstić information content (AvgIpc) is 2.75. The summed E-state index contributed by atoms with van der Waals surface area (Å²) in [6.07, 6.45) is 0. The second-order valence-electron chi connectivity index (χ2n) is 5.73. The number of hydrogen-bond acceptors (Lipinski definition) is 1. The molecule has 0 fully saturated rings. The fourth-order valence-electron chi connectivity index (χ4n) is 2.78. The van der Waals surface area contributed by atoms with E-state index < -0.39 is 0 Å². The van der Waals surface area contributed by atoms with Crippen molar-refractivity contribution in [1.29, 1.82) is 0 Å². The largest absolute Gasteiger partial charge is 0.355 e. The Hall–Kier alpha value is -3.32. The summed E-state index contributed by atoms with van der Waals surface area (Å²) < 4.78 is 25.4. The lowest BCUT2D eigenvalue weighted by Crippen LogP contribution is -1.93. The van der Waals surface area contributed by atoms with Gasteiger partial charge in [-0.15, -0.1) is 0 Å². The van der Waals surface area contributed by atoms with E-state index in [-0.39, 0.29) is 18.1 Å². The molecule has 0 spiro atoms. The number of hydrogen-bond donors (Lipinski definition) is 1. The van der Waals surface area contributed by atoms with Crippen LogP contribution in [0.1, 0.15) is 4.11 Å². The molecule has 4 rings (SSSR count). The molecule has 1 N–H and O–H groups in total. The summed E-state index contributed by atoms with van der Waals surface area (Å²) in [6, 6.07) is 29.3. The molecule has 0 unspecified atom stereocenters. The average molecular weight is 324 g/mol. The molecule has 25 heavy (non-hydrogen) atoms. The summed E-state index contributed by atoms with van der Waals surface area (Å²) in [5.41, 5.74) is 4.62. The fraction of sp³-hybridized carbons (Fsp3) is 0. The third-order valence-electron chi connectivity index (χ3n) is 4.04. The molecule has 0 radical (unpaired) electrons. The summed E-state index contributed by atoms with van der Waals surface area (Å²) >= 11 is 0. The monoisotopic (exact) mass is 324 g/mol. The zero-order chi connectivity index (χ0) is 19.5. The maximum atomic E-state index is 8.48. The highest BCUT2D eigenvalue weighted by Crippen LogP contribution is 2.30. The van der Waals surface area contributed by atoms with Gasteiger partial charge in [-0.05, 0) is 34.8 Å². The molecule has 0 atom stereocenters. The van der Waals surface area contributed by atoms with Crippen LogP contribution < -0.4 is 5.32 Å². The Labute approximate surface area is 152 Å². The zero-order valence-electron chi connectivity index (χ0n) is 16.7. The summed E-state index contributed by atoms with van der Waals surface area (Å²) in [5, 5.41) is 3.23. The van der Waals surface area contributed by atoms with Gasteiger partial charge in [0.2, 0.25) is 0 Å². The number of anilines is 2. The first-order valence-corrected chi connectivity index (χ1v) is 8.23. The second kappa shape index (κ2) is 7.06. The van der Waals surface area contributed by atoms with Crippen molar-refractivity contribution in [3.05, 3.63) is 109 Å². The van der Waals surface area contributed by atoms with Gasteiger partial charge in [0, 0.05) is 16.9 Å². The molecule has 0 saturated heterocycles.